The highest BCUT2D eigenvalue weighted by Gasteiger charge is 2.34. The van der Waals surface area contributed by atoms with Crippen LogP contribution in [0.3, 0.4) is 0 Å². The van der Waals surface area contributed by atoms with Gasteiger partial charge in [-0.1, -0.05) is 43.4 Å². The van der Waals surface area contributed by atoms with Crippen molar-refractivity contribution < 1.29 is 14.6 Å². The number of ether oxygens (including phenoxy) is 2. The molecule has 39 heavy (non-hydrogen) atoms. The zero-order valence-corrected chi connectivity index (χ0v) is 23.6. The molecule has 5 nitrogen and oxygen atoms in total. The lowest BCUT2D eigenvalue weighted by Gasteiger charge is -2.41. The molecular formula is C34H44N2O3. The lowest BCUT2D eigenvalue weighted by atomic mass is 9.72. The van der Waals surface area contributed by atoms with E-state index in [1.165, 1.54) is 28.7 Å². The fraction of sp³-hybridized carbons (Fsp3) is 0.471. The number of rotatable bonds is 10. The van der Waals surface area contributed by atoms with Gasteiger partial charge in [0.25, 0.3) is 0 Å². The van der Waals surface area contributed by atoms with E-state index in [-0.39, 0.29) is 6.04 Å². The number of hydrogen-bond donors (Lipinski definition) is 1. The topological polar surface area (TPSA) is 45.2 Å². The molecule has 0 aromatic heterocycles. The van der Waals surface area contributed by atoms with Crippen molar-refractivity contribution in [3.8, 4) is 11.5 Å². The molecule has 0 saturated carbocycles. The Bertz CT molecular complexity index is 1190. The number of aryl methyl sites for hydroxylation is 1. The third-order valence-corrected chi connectivity index (χ3v) is 8.71. The zero-order chi connectivity index (χ0) is 27.2. The first-order valence-electron chi connectivity index (χ1n) is 14.6. The minimum atomic E-state index is 0.272. The largest absolute Gasteiger partial charge is 0.508 e. The van der Waals surface area contributed by atoms with E-state index in [0.717, 1.165) is 69.9 Å². The Morgan fingerprint density at radius 1 is 1.10 bits per heavy atom. The SMILES string of the molecule is C=C1CCCN(CCOc2ccc(CN(CC)C3C=C(OC)C=CC3[C@@H]3CCc4cc(O)ccc4C3)cc2)C1. The summed E-state index contributed by atoms with van der Waals surface area (Å²) in [5, 5.41) is 9.92. The van der Waals surface area contributed by atoms with Crippen LogP contribution in [0.5, 0.6) is 11.5 Å². The van der Waals surface area contributed by atoms with Crippen LogP contribution in [0.4, 0.5) is 0 Å². The third kappa shape index (κ3) is 6.95. The molecule has 1 N–H and O–H groups in total. The number of likely N-dealkylation sites (tertiary alicyclic amines) is 1. The molecule has 5 rings (SSSR count). The summed E-state index contributed by atoms with van der Waals surface area (Å²) in [6.45, 7) is 12.0. The highest BCUT2D eigenvalue weighted by atomic mass is 16.5. The van der Waals surface area contributed by atoms with E-state index in [9.17, 15) is 5.11 Å². The van der Waals surface area contributed by atoms with E-state index < -0.39 is 0 Å². The number of phenols is 1. The lowest BCUT2D eigenvalue weighted by molar-refractivity contribution is 0.147. The number of piperidine rings is 1. The van der Waals surface area contributed by atoms with Crippen LogP contribution < -0.4 is 4.74 Å². The van der Waals surface area contributed by atoms with Crippen molar-refractivity contribution in [2.24, 2.45) is 11.8 Å². The van der Waals surface area contributed by atoms with E-state index in [0.29, 0.717) is 24.2 Å². The molecule has 0 radical (unpaired) electrons. The summed E-state index contributed by atoms with van der Waals surface area (Å²) in [4.78, 5) is 5.00. The summed E-state index contributed by atoms with van der Waals surface area (Å²) in [7, 11) is 1.76. The standard InChI is InChI=1S/C34H44N2O3/c1-4-36(24-26-7-13-31(14-8-26)39-19-18-35-17-5-6-25(2)23-35)34-22-32(38-3)15-16-33(34)29-10-9-28-21-30(37)12-11-27(28)20-29/h7-8,11-16,21-22,29,33-34,37H,2,4-6,9-10,17-20,23-24H2,1,3H3/t29-,33?,34?/m1/s1. The smallest absolute Gasteiger partial charge is 0.119 e. The summed E-state index contributed by atoms with van der Waals surface area (Å²) in [5.74, 6) is 3.22. The molecule has 5 heteroatoms. The van der Waals surface area contributed by atoms with Gasteiger partial charge in [0.1, 0.15) is 23.9 Å². The Kier molecular flexibility index (Phi) is 9.10. The fourth-order valence-electron chi connectivity index (χ4n) is 6.54. The van der Waals surface area contributed by atoms with Crippen molar-refractivity contribution in [1.82, 2.24) is 9.80 Å². The first kappa shape index (κ1) is 27.5. The van der Waals surface area contributed by atoms with Crippen molar-refractivity contribution in [3.63, 3.8) is 0 Å². The molecule has 1 aliphatic heterocycles. The molecule has 3 atom stereocenters. The Morgan fingerprint density at radius 3 is 2.72 bits per heavy atom. The number of hydrogen-bond acceptors (Lipinski definition) is 5. The van der Waals surface area contributed by atoms with E-state index >= 15 is 0 Å². The number of benzene rings is 2. The van der Waals surface area contributed by atoms with Gasteiger partial charge in [0.2, 0.25) is 0 Å². The molecule has 3 aliphatic rings. The van der Waals surface area contributed by atoms with Gasteiger partial charge in [-0.25, -0.2) is 0 Å². The first-order valence-corrected chi connectivity index (χ1v) is 14.6. The van der Waals surface area contributed by atoms with Gasteiger partial charge in [-0.2, -0.15) is 0 Å². The Balaban J connectivity index is 1.22. The number of likely N-dealkylation sites (N-methyl/N-ethyl adjacent to an activating group) is 1. The predicted molar refractivity (Wildman–Crippen MR) is 158 cm³/mol. The lowest BCUT2D eigenvalue weighted by Crippen LogP contribution is -2.43. The molecular weight excluding hydrogens is 484 g/mol. The summed E-state index contributed by atoms with van der Waals surface area (Å²) < 4.78 is 11.7. The number of phenolic OH excluding ortho intramolecular Hbond substituents is 1. The second-order valence-electron chi connectivity index (χ2n) is 11.3. The van der Waals surface area contributed by atoms with Crippen LogP contribution in [0, 0.1) is 11.8 Å². The minimum Gasteiger partial charge on any atom is -0.508 e. The van der Waals surface area contributed by atoms with Crippen LogP contribution in [0.15, 0.2) is 78.6 Å². The maximum Gasteiger partial charge on any atom is 0.119 e. The molecule has 2 unspecified atom stereocenters. The number of fused-ring (bicyclic) bond motifs is 1. The van der Waals surface area contributed by atoms with Crippen LogP contribution in [0.2, 0.25) is 0 Å². The summed E-state index contributed by atoms with van der Waals surface area (Å²) in [6, 6.07) is 14.8. The van der Waals surface area contributed by atoms with Gasteiger partial charge in [0, 0.05) is 25.7 Å². The number of aromatic hydroxyl groups is 1. The van der Waals surface area contributed by atoms with Gasteiger partial charge in [-0.15, -0.1) is 0 Å². The van der Waals surface area contributed by atoms with Gasteiger partial charge in [0.05, 0.1) is 7.11 Å². The highest BCUT2D eigenvalue weighted by Crippen LogP contribution is 2.38. The van der Waals surface area contributed by atoms with Crippen molar-refractivity contribution in [2.45, 2.75) is 51.6 Å². The molecule has 2 aliphatic carbocycles. The fourth-order valence-corrected chi connectivity index (χ4v) is 6.54. The van der Waals surface area contributed by atoms with Gasteiger partial charge in [-0.05, 0) is 110 Å². The predicted octanol–water partition coefficient (Wildman–Crippen LogP) is 6.13. The van der Waals surface area contributed by atoms with Crippen LogP contribution in [-0.2, 0) is 24.1 Å². The maximum absolute atomic E-state index is 9.92. The molecule has 208 valence electrons. The number of allylic oxidation sites excluding steroid dienone is 1. The normalized spacial score (nSPS) is 23.4. The average molecular weight is 529 g/mol. The van der Waals surface area contributed by atoms with Crippen molar-refractivity contribution in [2.75, 3.05) is 39.9 Å². The monoisotopic (exact) mass is 528 g/mol. The quantitative estimate of drug-likeness (QED) is 0.376. The van der Waals surface area contributed by atoms with Crippen molar-refractivity contribution >= 4 is 0 Å². The molecule has 2 aromatic rings. The molecule has 2 aromatic carbocycles. The Hall–Kier alpha value is -3.02. The van der Waals surface area contributed by atoms with Crippen molar-refractivity contribution in [1.29, 1.82) is 0 Å². The number of nitrogens with zero attached hydrogens (tertiary/aromatic N) is 2. The third-order valence-electron chi connectivity index (χ3n) is 8.71. The van der Waals surface area contributed by atoms with Gasteiger partial charge >= 0.3 is 0 Å². The van der Waals surface area contributed by atoms with Gasteiger partial charge in [-0.3, -0.25) is 9.80 Å². The summed E-state index contributed by atoms with van der Waals surface area (Å²) >= 11 is 0. The Morgan fingerprint density at radius 2 is 1.95 bits per heavy atom. The van der Waals surface area contributed by atoms with E-state index in [4.69, 9.17) is 9.47 Å². The van der Waals surface area contributed by atoms with Crippen LogP contribution in [0.1, 0.15) is 42.9 Å². The molecule has 0 amide bonds. The minimum absolute atomic E-state index is 0.272. The second-order valence-corrected chi connectivity index (χ2v) is 11.3. The molecule has 0 spiro atoms. The van der Waals surface area contributed by atoms with E-state index in [1.54, 1.807) is 7.11 Å². The average Bonchev–Trinajstić information content (AvgIpc) is 2.96. The summed E-state index contributed by atoms with van der Waals surface area (Å²) in [5.41, 5.74) is 5.30. The Labute approximate surface area is 234 Å². The van der Waals surface area contributed by atoms with Gasteiger partial charge in [0.15, 0.2) is 0 Å². The maximum atomic E-state index is 9.92. The van der Waals surface area contributed by atoms with Crippen LogP contribution >= 0.6 is 0 Å². The summed E-state index contributed by atoms with van der Waals surface area (Å²) in [6.07, 6.45) is 12.4. The van der Waals surface area contributed by atoms with Crippen molar-refractivity contribution in [3.05, 3.63) is 95.3 Å². The molecule has 0 bridgehead atoms. The van der Waals surface area contributed by atoms with E-state index in [1.807, 2.05) is 12.1 Å². The molecule has 1 fully saturated rings. The zero-order valence-electron chi connectivity index (χ0n) is 23.6. The van der Waals surface area contributed by atoms with E-state index in [2.05, 4.69) is 71.9 Å². The first-order chi connectivity index (χ1) is 19.0. The second kappa shape index (κ2) is 12.9. The van der Waals surface area contributed by atoms with Gasteiger partial charge < -0.3 is 14.6 Å². The van der Waals surface area contributed by atoms with Crippen LogP contribution in [0.25, 0.3) is 0 Å². The number of methoxy groups -OCH3 is 1. The molecule has 1 heterocycles. The van der Waals surface area contributed by atoms with Crippen LogP contribution in [-0.4, -0.2) is 60.8 Å². The highest BCUT2D eigenvalue weighted by molar-refractivity contribution is 5.37. The molecule has 1 saturated heterocycles.